The molecule has 0 aromatic carbocycles. The standard InChI is InChI=1S/C14H26N6/c1-10(2)14-16-12(18-15)7-13(17-14)20(4)9-11-5-6-19(3)8-11/h7,10-11H,5-6,8-9,15H2,1-4H3,(H,16,17,18). The molecule has 2 heterocycles. The van der Waals surface area contributed by atoms with Crippen molar-refractivity contribution in [2.75, 3.05) is 44.1 Å². The Hall–Kier alpha value is -1.40. The maximum Gasteiger partial charge on any atom is 0.145 e. The van der Waals surface area contributed by atoms with Gasteiger partial charge in [-0.2, -0.15) is 0 Å². The number of hydrazine groups is 1. The molecule has 1 fully saturated rings. The van der Waals surface area contributed by atoms with Crippen LogP contribution in [-0.4, -0.2) is 48.6 Å². The second kappa shape index (κ2) is 6.37. The SMILES string of the molecule is CC(C)c1nc(NN)cc(N(C)CC2CCN(C)C2)n1. The van der Waals surface area contributed by atoms with Gasteiger partial charge in [-0.3, -0.25) is 0 Å². The van der Waals surface area contributed by atoms with Crippen LogP contribution in [0.3, 0.4) is 0 Å². The summed E-state index contributed by atoms with van der Waals surface area (Å²) < 4.78 is 0. The van der Waals surface area contributed by atoms with Gasteiger partial charge in [0, 0.05) is 32.1 Å². The topological polar surface area (TPSA) is 70.3 Å². The number of aromatic nitrogens is 2. The summed E-state index contributed by atoms with van der Waals surface area (Å²) in [6.45, 7) is 7.54. The van der Waals surface area contributed by atoms with Crippen molar-refractivity contribution in [1.29, 1.82) is 0 Å². The summed E-state index contributed by atoms with van der Waals surface area (Å²) in [5.41, 5.74) is 2.63. The van der Waals surface area contributed by atoms with Crippen LogP contribution in [0, 0.1) is 5.92 Å². The monoisotopic (exact) mass is 278 g/mol. The molecular formula is C14H26N6. The Morgan fingerprint density at radius 2 is 2.25 bits per heavy atom. The third-order valence-corrected chi connectivity index (χ3v) is 3.81. The zero-order valence-corrected chi connectivity index (χ0v) is 12.9. The fourth-order valence-corrected chi connectivity index (χ4v) is 2.64. The molecule has 0 saturated carbocycles. The smallest absolute Gasteiger partial charge is 0.145 e. The van der Waals surface area contributed by atoms with Crippen molar-refractivity contribution in [3.63, 3.8) is 0 Å². The molecule has 0 bridgehead atoms. The summed E-state index contributed by atoms with van der Waals surface area (Å²) in [6.07, 6.45) is 1.25. The van der Waals surface area contributed by atoms with Crippen LogP contribution >= 0.6 is 0 Å². The van der Waals surface area contributed by atoms with E-state index in [1.165, 1.54) is 13.0 Å². The van der Waals surface area contributed by atoms with Crippen molar-refractivity contribution in [2.45, 2.75) is 26.2 Å². The van der Waals surface area contributed by atoms with Gasteiger partial charge in [-0.05, 0) is 25.9 Å². The molecule has 1 atom stereocenters. The van der Waals surface area contributed by atoms with E-state index < -0.39 is 0 Å². The van der Waals surface area contributed by atoms with E-state index in [2.05, 4.69) is 53.1 Å². The minimum absolute atomic E-state index is 0.285. The number of anilines is 2. The Morgan fingerprint density at radius 1 is 1.50 bits per heavy atom. The van der Waals surface area contributed by atoms with Gasteiger partial charge < -0.3 is 15.2 Å². The number of likely N-dealkylation sites (tertiary alicyclic amines) is 1. The number of rotatable bonds is 5. The van der Waals surface area contributed by atoms with Gasteiger partial charge in [0.05, 0.1) is 0 Å². The Bertz CT molecular complexity index is 447. The molecular weight excluding hydrogens is 252 g/mol. The minimum atomic E-state index is 0.285. The van der Waals surface area contributed by atoms with E-state index >= 15 is 0 Å². The van der Waals surface area contributed by atoms with Gasteiger partial charge in [-0.15, -0.1) is 0 Å². The van der Waals surface area contributed by atoms with Gasteiger partial charge in [0.25, 0.3) is 0 Å². The van der Waals surface area contributed by atoms with E-state index in [1.54, 1.807) is 0 Å². The number of nitrogens with zero attached hydrogens (tertiary/aromatic N) is 4. The number of hydrogen-bond donors (Lipinski definition) is 2. The molecule has 1 aromatic heterocycles. The molecule has 112 valence electrons. The molecule has 0 radical (unpaired) electrons. The Morgan fingerprint density at radius 3 is 2.80 bits per heavy atom. The van der Waals surface area contributed by atoms with E-state index in [1.807, 2.05) is 6.07 Å². The number of nitrogens with two attached hydrogens (primary N) is 1. The first-order chi connectivity index (χ1) is 9.49. The lowest BCUT2D eigenvalue weighted by molar-refractivity contribution is 0.395. The average molecular weight is 278 g/mol. The van der Waals surface area contributed by atoms with Crippen LogP contribution < -0.4 is 16.2 Å². The first kappa shape index (κ1) is 15.0. The van der Waals surface area contributed by atoms with Crippen molar-refractivity contribution in [3.8, 4) is 0 Å². The van der Waals surface area contributed by atoms with Crippen LogP contribution in [0.15, 0.2) is 6.07 Å². The van der Waals surface area contributed by atoms with Gasteiger partial charge >= 0.3 is 0 Å². The van der Waals surface area contributed by atoms with Crippen LogP contribution in [0.1, 0.15) is 32.0 Å². The molecule has 1 aliphatic rings. The van der Waals surface area contributed by atoms with E-state index in [9.17, 15) is 0 Å². The molecule has 0 amide bonds. The fraction of sp³-hybridized carbons (Fsp3) is 0.714. The molecule has 6 heteroatoms. The average Bonchev–Trinajstić information content (AvgIpc) is 2.83. The van der Waals surface area contributed by atoms with Crippen LogP contribution in [0.25, 0.3) is 0 Å². The molecule has 6 nitrogen and oxygen atoms in total. The largest absolute Gasteiger partial charge is 0.359 e. The summed E-state index contributed by atoms with van der Waals surface area (Å²) in [6, 6.07) is 1.91. The summed E-state index contributed by atoms with van der Waals surface area (Å²) in [7, 11) is 4.27. The second-order valence-corrected chi connectivity index (χ2v) is 6.07. The predicted molar refractivity (Wildman–Crippen MR) is 82.8 cm³/mol. The second-order valence-electron chi connectivity index (χ2n) is 6.07. The molecule has 1 aromatic rings. The molecule has 20 heavy (non-hydrogen) atoms. The van der Waals surface area contributed by atoms with Gasteiger partial charge in [0.15, 0.2) is 0 Å². The van der Waals surface area contributed by atoms with E-state index in [0.717, 1.165) is 24.7 Å². The van der Waals surface area contributed by atoms with Gasteiger partial charge in [0.1, 0.15) is 17.5 Å². The first-order valence-corrected chi connectivity index (χ1v) is 7.25. The van der Waals surface area contributed by atoms with Crippen LogP contribution in [0.4, 0.5) is 11.6 Å². The number of hydrogen-bond acceptors (Lipinski definition) is 6. The molecule has 0 spiro atoms. The lowest BCUT2D eigenvalue weighted by Crippen LogP contribution is -2.28. The summed E-state index contributed by atoms with van der Waals surface area (Å²) in [5.74, 6) is 8.93. The number of nitrogen functional groups attached to an aromatic ring is 1. The highest BCUT2D eigenvalue weighted by Gasteiger charge is 2.21. The zero-order chi connectivity index (χ0) is 14.7. The van der Waals surface area contributed by atoms with E-state index in [-0.39, 0.29) is 5.92 Å². The van der Waals surface area contributed by atoms with Crippen LogP contribution in [-0.2, 0) is 0 Å². The van der Waals surface area contributed by atoms with E-state index in [4.69, 9.17) is 5.84 Å². The van der Waals surface area contributed by atoms with Crippen LogP contribution in [0.5, 0.6) is 0 Å². The Labute approximate surface area is 121 Å². The van der Waals surface area contributed by atoms with Crippen LogP contribution in [0.2, 0.25) is 0 Å². The van der Waals surface area contributed by atoms with Gasteiger partial charge in [-0.25, -0.2) is 15.8 Å². The lowest BCUT2D eigenvalue weighted by atomic mass is 10.1. The molecule has 1 aliphatic heterocycles. The molecule has 0 aliphatic carbocycles. The Kier molecular flexibility index (Phi) is 4.77. The summed E-state index contributed by atoms with van der Waals surface area (Å²) in [4.78, 5) is 13.6. The summed E-state index contributed by atoms with van der Waals surface area (Å²) in [5, 5.41) is 0. The molecule has 3 N–H and O–H groups in total. The maximum absolute atomic E-state index is 5.50. The Balaban J connectivity index is 2.11. The highest BCUT2D eigenvalue weighted by molar-refractivity contribution is 5.48. The normalized spacial score (nSPS) is 19.6. The number of nitrogens with one attached hydrogen (secondary N) is 1. The third kappa shape index (κ3) is 3.58. The molecule has 1 saturated heterocycles. The molecule has 1 unspecified atom stereocenters. The maximum atomic E-state index is 5.50. The highest BCUT2D eigenvalue weighted by atomic mass is 15.3. The molecule has 2 rings (SSSR count). The van der Waals surface area contributed by atoms with Gasteiger partial charge in [0.2, 0.25) is 0 Å². The fourth-order valence-electron chi connectivity index (χ4n) is 2.64. The zero-order valence-electron chi connectivity index (χ0n) is 12.9. The minimum Gasteiger partial charge on any atom is -0.359 e. The van der Waals surface area contributed by atoms with Gasteiger partial charge in [-0.1, -0.05) is 13.8 Å². The summed E-state index contributed by atoms with van der Waals surface area (Å²) >= 11 is 0. The van der Waals surface area contributed by atoms with Crippen molar-refractivity contribution >= 4 is 11.6 Å². The van der Waals surface area contributed by atoms with Crippen molar-refractivity contribution in [2.24, 2.45) is 11.8 Å². The van der Waals surface area contributed by atoms with Crippen molar-refractivity contribution < 1.29 is 0 Å². The first-order valence-electron chi connectivity index (χ1n) is 7.25. The predicted octanol–water partition coefficient (Wildman–Crippen LogP) is 1.27. The van der Waals surface area contributed by atoms with Crippen molar-refractivity contribution in [1.82, 2.24) is 14.9 Å². The third-order valence-electron chi connectivity index (χ3n) is 3.81. The van der Waals surface area contributed by atoms with Crippen molar-refractivity contribution in [3.05, 3.63) is 11.9 Å². The van der Waals surface area contributed by atoms with E-state index in [0.29, 0.717) is 11.7 Å². The highest BCUT2D eigenvalue weighted by Crippen LogP contribution is 2.22. The quantitative estimate of drug-likeness (QED) is 0.624. The lowest BCUT2D eigenvalue weighted by Gasteiger charge is -2.23.